The molecular formula is C17H12BrNO3. The van der Waals surface area contributed by atoms with Gasteiger partial charge in [0, 0.05) is 21.7 Å². The average Bonchev–Trinajstić information content (AvgIpc) is 3.05. The lowest BCUT2D eigenvalue weighted by Crippen LogP contribution is -2.00. The van der Waals surface area contributed by atoms with Gasteiger partial charge >= 0.3 is 5.97 Å². The monoisotopic (exact) mass is 357 g/mol. The van der Waals surface area contributed by atoms with Crippen LogP contribution in [0.2, 0.25) is 0 Å². The van der Waals surface area contributed by atoms with Crippen LogP contribution >= 0.6 is 15.9 Å². The van der Waals surface area contributed by atoms with Crippen molar-refractivity contribution in [3.8, 4) is 22.6 Å². The average molecular weight is 358 g/mol. The van der Waals surface area contributed by atoms with Gasteiger partial charge in [0.05, 0.1) is 12.7 Å². The minimum absolute atomic E-state index is 0.376. The lowest BCUT2D eigenvalue weighted by molar-refractivity contribution is 0.0601. The fraction of sp³-hybridized carbons (Fsp3) is 0.0588. The standard InChI is InChI=1S/C17H12BrNO3/c1-21-17(20)13-4-2-3-12(9-13)15-10-16(22-19-15)11-5-7-14(18)8-6-11/h2-10H,1H3. The highest BCUT2D eigenvalue weighted by Gasteiger charge is 2.11. The van der Waals surface area contributed by atoms with Crippen LogP contribution in [0.25, 0.3) is 22.6 Å². The number of ether oxygens (including phenoxy) is 1. The summed E-state index contributed by atoms with van der Waals surface area (Å²) < 4.78 is 11.1. The lowest BCUT2D eigenvalue weighted by atomic mass is 10.1. The third kappa shape index (κ3) is 2.94. The summed E-state index contributed by atoms with van der Waals surface area (Å²) in [6.07, 6.45) is 0. The number of carbonyl (C=O) groups excluding carboxylic acids is 1. The number of rotatable bonds is 3. The molecule has 4 nitrogen and oxygen atoms in total. The van der Waals surface area contributed by atoms with Gasteiger partial charge < -0.3 is 9.26 Å². The highest BCUT2D eigenvalue weighted by Crippen LogP contribution is 2.27. The van der Waals surface area contributed by atoms with Gasteiger partial charge in [0.1, 0.15) is 5.69 Å². The lowest BCUT2D eigenvalue weighted by Gasteiger charge is -2.00. The Kier molecular flexibility index (Phi) is 4.06. The molecule has 0 unspecified atom stereocenters. The molecular weight excluding hydrogens is 346 g/mol. The zero-order chi connectivity index (χ0) is 15.5. The number of carbonyl (C=O) groups is 1. The van der Waals surface area contributed by atoms with Crippen LogP contribution in [0.15, 0.2) is 63.6 Å². The van der Waals surface area contributed by atoms with Crippen molar-refractivity contribution in [2.45, 2.75) is 0 Å². The van der Waals surface area contributed by atoms with Gasteiger partial charge in [0.15, 0.2) is 5.76 Å². The molecule has 0 spiro atoms. The van der Waals surface area contributed by atoms with Crippen LogP contribution in [-0.2, 0) is 4.74 Å². The third-order valence-corrected chi connectivity index (χ3v) is 3.75. The van der Waals surface area contributed by atoms with Crippen molar-refractivity contribution in [2.75, 3.05) is 7.11 Å². The summed E-state index contributed by atoms with van der Waals surface area (Å²) in [5.41, 5.74) is 2.89. The number of halogens is 1. The molecule has 0 amide bonds. The zero-order valence-corrected chi connectivity index (χ0v) is 13.3. The minimum atomic E-state index is -0.376. The minimum Gasteiger partial charge on any atom is -0.465 e. The van der Waals surface area contributed by atoms with E-state index in [2.05, 4.69) is 21.1 Å². The Hall–Kier alpha value is -2.40. The number of esters is 1. The first kappa shape index (κ1) is 14.5. The van der Waals surface area contributed by atoms with Crippen molar-refractivity contribution in [3.05, 3.63) is 64.6 Å². The number of hydrogen-bond donors (Lipinski definition) is 0. The fourth-order valence-corrected chi connectivity index (χ4v) is 2.35. The first-order chi connectivity index (χ1) is 10.7. The van der Waals surface area contributed by atoms with Gasteiger partial charge in [-0.3, -0.25) is 0 Å². The van der Waals surface area contributed by atoms with Gasteiger partial charge in [0.2, 0.25) is 0 Å². The number of aromatic nitrogens is 1. The molecule has 3 aromatic rings. The Balaban J connectivity index is 1.94. The van der Waals surface area contributed by atoms with Crippen molar-refractivity contribution in [1.29, 1.82) is 0 Å². The predicted octanol–water partition coefficient (Wildman–Crippen LogP) is 4.56. The Labute approximate surface area is 135 Å². The van der Waals surface area contributed by atoms with E-state index in [0.29, 0.717) is 17.0 Å². The van der Waals surface area contributed by atoms with E-state index in [-0.39, 0.29) is 5.97 Å². The Bertz CT molecular complexity index is 809. The molecule has 1 heterocycles. The summed E-state index contributed by atoms with van der Waals surface area (Å²) in [6, 6.07) is 16.7. The van der Waals surface area contributed by atoms with Crippen LogP contribution < -0.4 is 0 Å². The van der Waals surface area contributed by atoms with Crippen LogP contribution in [0.5, 0.6) is 0 Å². The van der Waals surface area contributed by atoms with Crippen molar-refractivity contribution < 1.29 is 14.1 Å². The maximum atomic E-state index is 11.6. The quantitative estimate of drug-likeness (QED) is 0.644. The number of nitrogens with zero attached hydrogens (tertiary/aromatic N) is 1. The van der Waals surface area contributed by atoms with E-state index in [9.17, 15) is 4.79 Å². The smallest absolute Gasteiger partial charge is 0.337 e. The molecule has 0 aliphatic heterocycles. The molecule has 0 aliphatic rings. The van der Waals surface area contributed by atoms with Crippen LogP contribution in [0.3, 0.4) is 0 Å². The van der Waals surface area contributed by atoms with Crippen LogP contribution in [0, 0.1) is 0 Å². The van der Waals surface area contributed by atoms with Gasteiger partial charge in [-0.1, -0.05) is 45.4 Å². The first-order valence-electron chi connectivity index (χ1n) is 6.59. The van der Waals surface area contributed by atoms with Gasteiger partial charge in [-0.15, -0.1) is 0 Å². The largest absolute Gasteiger partial charge is 0.465 e. The van der Waals surface area contributed by atoms with Gasteiger partial charge in [-0.2, -0.15) is 0 Å². The second-order valence-electron chi connectivity index (χ2n) is 4.66. The molecule has 3 rings (SSSR count). The molecule has 0 saturated carbocycles. The van der Waals surface area contributed by atoms with Crippen molar-refractivity contribution in [1.82, 2.24) is 5.16 Å². The molecule has 0 fully saturated rings. The van der Waals surface area contributed by atoms with Gasteiger partial charge in [-0.25, -0.2) is 4.79 Å². The summed E-state index contributed by atoms with van der Waals surface area (Å²) >= 11 is 3.40. The van der Waals surface area contributed by atoms with Crippen LogP contribution in [0.1, 0.15) is 10.4 Å². The Morgan fingerprint density at radius 1 is 1.09 bits per heavy atom. The maximum absolute atomic E-state index is 11.6. The van der Waals surface area contributed by atoms with E-state index in [1.54, 1.807) is 18.2 Å². The molecule has 1 aromatic heterocycles. The van der Waals surface area contributed by atoms with Crippen molar-refractivity contribution in [2.24, 2.45) is 0 Å². The SMILES string of the molecule is COC(=O)c1cccc(-c2cc(-c3ccc(Br)cc3)on2)c1. The second-order valence-corrected chi connectivity index (χ2v) is 5.57. The van der Waals surface area contributed by atoms with Crippen LogP contribution in [0.4, 0.5) is 0 Å². The summed E-state index contributed by atoms with van der Waals surface area (Å²) in [4.78, 5) is 11.6. The molecule has 110 valence electrons. The highest BCUT2D eigenvalue weighted by molar-refractivity contribution is 9.10. The molecule has 0 radical (unpaired) electrons. The topological polar surface area (TPSA) is 52.3 Å². The van der Waals surface area contributed by atoms with Crippen molar-refractivity contribution in [3.63, 3.8) is 0 Å². The number of methoxy groups -OCH3 is 1. The van der Waals surface area contributed by atoms with Crippen molar-refractivity contribution >= 4 is 21.9 Å². The van der Waals surface area contributed by atoms with E-state index >= 15 is 0 Å². The van der Waals surface area contributed by atoms with Gasteiger partial charge in [-0.05, 0) is 24.3 Å². The zero-order valence-electron chi connectivity index (χ0n) is 11.7. The Morgan fingerprint density at radius 2 is 1.86 bits per heavy atom. The fourth-order valence-electron chi connectivity index (χ4n) is 2.08. The summed E-state index contributed by atoms with van der Waals surface area (Å²) in [7, 11) is 1.36. The summed E-state index contributed by atoms with van der Waals surface area (Å²) in [6.45, 7) is 0. The number of hydrogen-bond acceptors (Lipinski definition) is 4. The number of benzene rings is 2. The van der Waals surface area contributed by atoms with E-state index in [0.717, 1.165) is 15.6 Å². The molecule has 0 aliphatic carbocycles. The molecule has 0 atom stereocenters. The summed E-state index contributed by atoms with van der Waals surface area (Å²) in [5.74, 6) is 0.296. The third-order valence-electron chi connectivity index (χ3n) is 3.22. The molecule has 22 heavy (non-hydrogen) atoms. The first-order valence-corrected chi connectivity index (χ1v) is 7.38. The Morgan fingerprint density at radius 3 is 2.59 bits per heavy atom. The molecule has 5 heteroatoms. The normalized spacial score (nSPS) is 10.5. The van der Waals surface area contributed by atoms with Crippen LogP contribution in [-0.4, -0.2) is 18.2 Å². The summed E-state index contributed by atoms with van der Waals surface area (Å²) in [5, 5.41) is 4.07. The maximum Gasteiger partial charge on any atom is 0.337 e. The predicted molar refractivity (Wildman–Crippen MR) is 86.4 cm³/mol. The molecule has 2 aromatic carbocycles. The molecule has 0 bridgehead atoms. The van der Waals surface area contributed by atoms with E-state index in [1.165, 1.54) is 7.11 Å². The van der Waals surface area contributed by atoms with E-state index < -0.39 is 0 Å². The molecule has 0 saturated heterocycles. The highest BCUT2D eigenvalue weighted by atomic mass is 79.9. The van der Waals surface area contributed by atoms with E-state index in [4.69, 9.17) is 9.26 Å². The van der Waals surface area contributed by atoms with E-state index in [1.807, 2.05) is 36.4 Å². The molecule has 0 N–H and O–H groups in total. The second kappa shape index (κ2) is 6.15. The van der Waals surface area contributed by atoms with Gasteiger partial charge in [0.25, 0.3) is 0 Å².